The van der Waals surface area contributed by atoms with E-state index < -0.39 is 18.1 Å². The predicted molar refractivity (Wildman–Crippen MR) is 122 cm³/mol. The van der Waals surface area contributed by atoms with Crippen LogP contribution in [0.5, 0.6) is 0 Å². The zero-order chi connectivity index (χ0) is 22.8. The van der Waals surface area contributed by atoms with Gasteiger partial charge in [0.05, 0.1) is 12.0 Å². The second-order valence-corrected chi connectivity index (χ2v) is 9.90. The molecule has 3 amide bonds. The van der Waals surface area contributed by atoms with E-state index in [1.807, 2.05) is 29.6 Å². The van der Waals surface area contributed by atoms with Crippen molar-refractivity contribution in [3.05, 3.63) is 52.5 Å². The van der Waals surface area contributed by atoms with Gasteiger partial charge < -0.3 is 5.32 Å². The zero-order valence-corrected chi connectivity index (χ0v) is 19.2. The van der Waals surface area contributed by atoms with Crippen LogP contribution in [0.3, 0.4) is 0 Å². The van der Waals surface area contributed by atoms with Crippen LogP contribution in [0.25, 0.3) is 0 Å². The average molecular weight is 469 g/mol. The van der Waals surface area contributed by atoms with Gasteiger partial charge in [-0.05, 0) is 48.4 Å². The van der Waals surface area contributed by atoms with Crippen LogP contribution in [0.1, 0.15) is 48.6 Å². The molecule has 3 unspecified atom stereocenters. The lowest BCUT2D eigenvalue weighted by Crippen LogP contribution is -2.45. The van der Waals surface area contributed by atoms with Gasteiger partial charge in [0, 0.05) is 29.9 Å². The lowest BCUT2D eigenvalue weighted by Gasteiger charge is -2.32. The second kappa shape index (κ2) is 9.70. The molecule has 8 nitrogen and oxygen atoms in total. The summed E-state index contributed by atoms with van der Waals surface area (Å²) in [7, 11) is 0. The summed E-state index contributed by atoms with van der Waals surface area (Å²) in [6, 6.07) is 7.11. The number of amides is 3. The van der Waals surface area contributed by atoms with Crippen LogP contribution in [0.4, 0.5) is 0 Å². The molecule has 0 aromatic carbocycles. The fourth-order valence-corrected chi connectivity index (χ4v) is 5.95. The van der Waals surface area contributed by atoms with Gasteiger partial charge in [-0.3, -0.25) is 29.1 Å². The number of hydrogen-bond acceptors (Lipinski definition) is 7. The molecule has 0 radical (unpaired) electrons. The molecular formula is C24H28N4O4S. The van der Waals surface area contributed by atoms with Crippen molar-refractivity contribution in [1.82, 2.24) is 20.3 Å². The molecule has 2 aliphatic heterocycles. The summed E-state index contributed by atoms with van der Waals surface area (Å²) in [6.07, 6.45) is 8.11. The van der Waals surface area contributed by atoms with Crippen molar-refractivity contribution in [2.75, 3.05) is 13.1 Å². The number of thiophene rings is 1. The Morgan fingerprint density at radius 1 is 1.12 bits per heavy atom. The van der Waals surface area contributed by atoms with Crippen molar-refractivity contribution in [3.8, 4) is 0 Å². The maximum atomic E-state index is 13.5. The summed E-state index contributed by atoms with van der Waals surface area (Å²) in [5.41, 5.74) is 0.815. The highest BCUT2D eigenvalue weighted by atomic mass is 32.1. The van der Waals surface area contributed by atoms with Gasteiger partial charge >= 0.3 is 0 Å². The van der Waals surface area contributed by atoms with Crippen molar-refractivity contribution in [1.29, 1.82) is 0 Å². The summed E-state index contributed by atoms with van der Waals surface area (Å²) in [5, 5.41) is 6.45. The number of imide groups is 1. The number of likely N-dealkylation sites (tertiary alicyclic amines) is 1. The minimum absolute atomic E-state index is 0.0416. The van der Waals surface area contributed by atoms with E-state index >= 15 is 0 Å². The van der Waals surface area contributed by atoms with Gasteiger partial charge in [0.1, 0.15) is 6.54 Å². The fourth-order valence-electron chi connectivity index (χ4n) is 5.24. The molecule has 0 spiro atoms. The van der Waals surface area contributed by atoms with E-state index in [9.17, 15) is 14.4 Å². The maximum absolute atomic E-state index is 13.5. The number of nitrogens with one attached hydrogen (secondary N) is 1. The molecule has 0 bridgehead atoms. The Bertz CT molecular complexity index is 993. The average Bonchev–Trinajstić information content (AvgIpc) is 3.53. The van der Waals surface area contributed by atoms with Crippen molar-refractivity contribution in [2.24, 2.45) is 5.92 Å². The van der Waals surface area contributed by atoms with E-state index in [4.69, 9.17) is 4.84 Å². The second-order valence-electron chi connectivity index (χ2n) is 8.87. The Labute approximate surface area is 196 Å². The first-order valence-corrected chi connectivity index (χ1v) is 12.5. The molecular weight excluding hydrogens is 440 g/mol. The third kappa shape index (κ3) is 4.45. The number of fused-ring (bicyclic) bond motifs is 1. The molecule has 1 N–H and O–H groups in total. The molecule has 2 saturated heterocycles. The van der Waals surface area contributed by atoms with E-state index in [0.717, 1.165) is 44.1 Å². The summed E-state index contributed by atoms with van der Waals surface area (Å²) in [5.74, 6) is -1.30. The minimum atomic E-state index is -0.878. The summed E-state index contributed by atoms with van der Waals surface area (Å²) in [4.78, 5) is 52.2. The molecule has 1 aliphatic carbocycles. The maximum Gasteiger partial charge on any atom is 0.261 e. The Morgan fingerprint density at radius 2 is 1.91 bits per heavy atom. The number of nitrogens with zero attached hydrogens (tertiary/aromatic N) is 3. The van der Waals surface area contributed by atoms with E-state index in [2.05, 4.69) is 10.3 Å². The molecule has 4 heterocycles. The van der Waals surface area contributed by atoms with Gasteiger partial charge in [0.25, 0.3) is 5.91 Å². The fraction of sp³-hybridized carbons (Fsp3) is 0.500. The van der Waals surface area contributed by atoms with Gasteiger partial charge in [0.15, 0.2) is 6.10 Å². The number of rotatable bonds is 7. The normalized spacial score (nSPS) is 26.1. The number of carbonyl (C=O) groups excluding carboxylic acids is 3. The third-order valence-electron chi connectivity index (χ3n) is 6.79. The van der Waals surface area contributed by atoms with Crippen molar-refractivity contribution >= 4 is 29.1 Å². The minimum Gasteiger partial charge on any atom is -0.355 e. The molecule has 3 aliphatic rings. The molecule has 1 saturated carbocycles. The Balaban J connectivity index is 1.31. The number of hydrogen-bond donors (Lipinski definition) is 1. The van der Waals surface area contributed by atoms with Crippen LogP contribution in [-0.2, 0) is 25.6 Å². The van der Waals surface area contributed by atoms with Crippen LogP contribution in [0.2, 0.25) is 0 Å². The molecule has 174 valence electrons. The highest BCUT2D eigenvalue weighted by Crippen LogP contribution is 2.45. The van der Waals surface area contributed by atoms with Crippen LogP contribution in [0, 0.1) is 5.92 Å². The van der Waals surface area contributed by atoms with Gasteiger partial charge in [-0.1, -0.05) is 25.3 Å². The van der Waals surface area contributed by atoms with Crippen LogP contribution >= 0.6 is 11.3 Å². The van der Waals surface area contributed by atoms with Gasteiger partial charge in [-0.25, -0.2) is 0 Å². The first kappa shape index (κ1) is 22.2. The monoisotopic (exact) mass is 468 g/mol. The number of pyridine rings is 1. The van der Waals surface area contributed by atoms with Gasteiger partial charge in [-0.2, -0.15) is 5.06 Å². The Morgan fingerprint density at radius 3 is 2.64 bits per heavy atom. The lowest BCUT2D eigenvalue weighted by molar-refractivity contribution is -0.183. The summed E-state index contributed by atoms with van der Waals surface area (Å²) < 4.78 is 0. The number of aromatic nitrogens is 1. The van der Waals surface area contributed by atoms with E-state index in [0.29, 0.717) is 6.54 Å². The summed E-state index contributed by atoms with van der Waals surface area (Å²) in [6.45, 7) is 0.474. The van der Waals surface area contributed by atoms with Crippen LogP contribution in [-0.4, -0.2) is 57.9 Å². The molecule has 5 rings (SSSR count). The van der Waals surface area contributed by atoms with E-state index in [1.165, 1.54) is 14.8 Å². The standard InChI is InChI=1S/C24H28N4O4S/c29-19(26-13-10-18-7-4-14-33-18)15-27-21(16-8-11-25-12-9-16)20-22(32-27)24(31)28(23(20)30)17-5-2-1-3-6-17/h4,7-9,11-12,14,17,20-22H,1-3,5-6,10,13,15H2,(H,26,29). The molecule has 9 heteroatoms. The van der Waals surface area contributed by atoms with E-state index in [1.54, 1.807) is 23.7 Å². The Kier molecular flexibility index (Phi) is 6.52. The quantitative estimate of drug-likeness (QED) is 0.628. The molecule has 2 aromatic heterocycles. The Hall–Kier alpha value is -2.62. The van der Waals surface area contributed by atoms with Crippen LogP contribution in [0.15, 0.2) is 42.0 Å². The van der Waals surface area contributed by atoms with E-state index in [-0.39, 0.29) is 30.3 Å². The molecule has 3 atom stereocenters. The molecule has 3 fully saturated rings. The van der Waals surface area contributed by atoms with Crippen molar-refractivity contribution in [3.63, 3.8) is 0 Å². The first-order valence-electron chi connectivity index (χ1n) is 11.6. The predicted octanol–water partition coefficient (Wildman–Crippen LogP) is 2.48. The SMILES string of the molecule is O=C(CN1OC2C(=O)N(C3CCCCC3)C(=O)C2C1c1ccncc1)NCCc1cccs1. The highest BCUT2D eigenvalue weighted by molar-refractivity contribution is 7.09. The van der Waals surface area contributed by atoms with Crippen LogP contribution < -0.4 is 5.32 Å². The zero-order valence-electron chi connectivity index (χ0n) is 18.4. The van der Waals surface area contributed by atoms with Gasteiger partial charge in [0.2, 0.25) is 11.8 Å². The smallest absolute Gasteiger partial charge is 0.261 e. The largest absolute Gasteiger partial charge is 0.355 e. The molecule has 2 aromatic rings. The topological polar surface area (TPSA) is 91.8 Å². The first-order chi connectivity index (χ1) is 16.1. The third-order valence-corrected chi connectivity index (χ3v) is 7.73. The lowest BCUT2D eigenvalue weighted by atomic mass is 9.91. The number of hydroxylamine groups is 2. The highest BCUT2D eigenvalue weighted by Gasteiger charge is 2.60. The molecule has 33 heavy (non-hydrogen) atoms. The van der Waals surface area contributed by atoms with Crippen molar-refractivity contribution < 1.29 is 19.2 Å². The number of carbonyl (C=O) groups is 3. The summed E-state index contributed by atoms with van der Waals surface area (Å²) >= 11 is 1.66. The van der Waals surface area contributed by atoms with Crippen molar-refractivity contribution in [2.45, 2.75) is 56.7 Å². The van der Waals surface area contributed by atoms with Gasteiger partial charge in [-0.15, -0.1) is 11.3 Å².